The van der Waals surface area contributed by atoms with E-state index in [1.54, 1.807) is 20.8 Å². The second-order valence-corrected chi connectivity index (χ2v) is 9.44. The lowest BCUT2D eigenvalue weighted by Crippen LogP contribution is -2.59. The first kappa shape index (κ1) is 20.0. The number of amides is 2. The number of hydrogen-bond donors (Lipinski definition) is 2. The van der Waals surface area contributed by atoms with E-state index in [4.69, 9.17) is 4.74 Å². The minimum absolute atomic E-state index is 0.144. The van der Waals surface area contributed by atoms with Crippen molar-refractivity contribution in [3.8, 4) is 0 Å². The summed E-state index contributed by atoms with van der Waals surface area (Å²) in [6.07, 6.45) is 5.14. The summed E-state index contributed by atoms with van der Waals surface area (Å²) in [5, 5.41) is 5.68. The van der Waals surface area contributed by atoms with Crippen LogP contribution in [0.25, 0.3) is 0 Å². The lowest BCUT2D eigenvalue weighted by atomic mass is 9.54. The summed E-state index contributed by atoms with van der Waals surface area (Å²) in [7, 11) is 1.27. The first-order valence-corrected chi connectivity index (χ1v) is 10.0. The number of rotatable bonds is 5. The molecule has 2 amide bonds. The molecule has 0 heterocycles. The van der Waals surface area contributed by atoms with Crippen molar-refractivity contribution in [2.45, 2.75) is 77.0 Å². The average molecular weight is 380 g/mol. The zero-order valence-corrected chi connectivity index (χ0v) is 16.7. The van der Waals surface area contributed by atoms with Crippen LogP contribution in [0.3, 0.4) is 0 Å². The van der Waals surface area contributed by atoms with E-state index in [9.17, 15) is 14.4 Å². The van der Waals surface area contributed by atoms with Crippen LogP contribution >= 0.6 is 0 Å². The van der Waals surface area contributed by atoms with Crippen LogP contribution in [0.2, 0.25) is 0 Å². The van der Waals surface area contributed by atoms with Gasteiger partial charge in [0.1, 0.15) is 11.6 Å². The molecule has 152 valence electrons. The Bertz CT molecular complexity index is 570. The van der Waals surface area contributed by atoms with Crippen molar-refractivity contribution in [3.05, 3.63) is 0 Å². The summed E-state index contributed by atoms with van der Waals surface area (Å²) >= 11 is 0. The maximum absolute atomic E-state index is 12.9. The summed E-state index contributed by atoms with van der Waals surface area (Å²) < 4.78 is 9.92. The third kappa shape index (κ3) is 4.93. The number of alkyl carbamates (subject to hydrolysis) is 1. The Morgan fingerprint density at radius 3 is 2.04 bits per heavy atom. The first-order valence-electron chi connectivity index (χ1n) is 10.0. The number of carbonyl (C=O) groups excluding carboxylic acids is 3. The van der Waals surface area contributed by atoms with Gasteiger partial charge in [0, 0.05) is 6.04 Å². The van der Waals surface area contributed by atoms with Crippen molar-refractivity contribution in [1.82, 2.24) is 10.6 Å². The van der Waals surface area contributed by atoms with Crippen molar-refractivity contribution in [3.63, 3.8) is 0 Å². The van der Waals surface area contributed by atoms with Gasteiger partial charge >= 0.3 is 12.1 Å². The number of carbonyl (C=O) groups is 3. The Labute approximate surface area is 160 Å². The molecule has 4 bridgehead atoms. The van der Waals surface area contributed by atoms with Crippen molar-refractivity contribution in [1.29, 1.82) is 0 Å². The van der Waals surface area contributed by atoms with Crippen LogP contribution in [0.5, 0.6) is 0 Å². The number of ether oxygens (including phenoxy) is 2. The van der Waals surface area contributed by atoms with E-state index >= 15 is 0 Å². The van der Waals surface area contributed by atoms with Crippen LogP contribution < -0.4 is 10.6 Å². The molecule has 0 unspecified atom stereocenters. The van der Waals surface area contributed by atoms with Gasteiger partial charge in [-0.15, -0.1) is 0 Å². The second-order valence-electron chi connectivity index (χ2n) is 9.44. The Balaban J connectivity index is 1.63. The molecule has 4 fully saturated rings. The van der Waals surface area contributed by atoms with E-state index < -0.39 is 23.7 Å². The Morgan fingerprint density at radius 2 is 1.56 bits per heavy atom. The number of hydrogen-bond acceptors (Lipinski definition) is 5. The summed E-state index contributed by atoms with van der Waals surface area (Å²) in [5.41, 5.74) is -0.683. The predicted octanol–water partition coefficient (Wildman–Crippen LogP) is 2.38. The van der Waals surface area contributed by atoms with Gasteiger partial charge in [-0.25, -0.2) is 4.79 Å². The van der Waals surface area contributed by atoms with Gasteiger partial charge in [0.15, 0.2) is 0 Å². The molecule has 27 heavy (non-hydrogen) atoms. The summed E-state index contributed by atoms with van der Waals surface area (Å²) in [6.45, 7) is 5.24. The van der Waals surface area contributed by atoms with Crippen molar-refractivity contribution in [2.24, 2.45) is 23.7 Å². The molecule has 4 rings (SSSR count). The van der Waals surface area contributed by atoms with Gasteiger partial charge in [0.05, 0.1) is 13.5 Å². The molecule has 4 aliphatic rings. The van der Waals surface area contributed by atoms with Crippen molar-refractivity contribution < 1.29 is 23.9 Å². The summed E-state index contributed by atoms with van der Waals surface area (Å²) in [6, 6.07) is -0.852. The molecule has 0 aromatic heterocycles. The topological polar surface area (TPSA) is 93.7 Å². The molecule has 4 saturated carbocycles. The van der Waals surface area contributed by atoms with Gasteiger partial charge in [0.2, 0.25) is 5.91 Å². The van der Waals surface area contributed by atoms with Gasteiger partial charge in [0.25, 0.3) is 0 Å². The molecule has 7 nitrogen and oxygen atoms in total. The molecule has 0 radical (unpaired) electrons. The van der Waals surface area contributed by atoms with Crippen LogP contribution in [-0.2, 0) is 19.1 Å². The summed E-state index contributed by atoms with van der Waals surface area (Å²) in [5.74, 6) is 1.79. The van der Waals surface area contributed by atoms with Crippen LogP contribution in [0.4, 0.5) is 4.79 Å². The molecule has 0 saturated heterocycles. The maximum Gasteiger partial charge on any atom is 0.408 e. The quantitative estimate of drug-likeness (QED) is 0.714. The highest BCUT2D eigenvalue weighted by Crippen LogP contribution is 2.53. The minimum atomic E-state index is -0.996. The molecule has 0 aromatic rings. The Kier molecular flexibility index (Phi) is 5.68. The van der Waals surface area contributed by atoms with E-state index in [0.717, 1.165) is 11.8 Å². The predicted molar refractivity (Wildman–Crippen MR) is 98.8 cm³/mol. The smallest absolute Gasteiger partial charge is 0.408 e. The zero-order valence-electron chi connectivity index (χ0n) is 16.7. The van der Waals surface area contributed by atoms with Gasteiger partial charge in [-0.3, -0.25) is 9.59 Å². The van der Waals surface area contributed by atoms with E-state index in [0.29, 0.717) is 11.8 Å². The molecule has 7 heteroatoms. The zero-order chi connectivity index (χ0) is 19.8. The Morgan fingerprint density at radius 1 is 1.00 bits per heavy atom. The van der Waals surface area contributed by atoms with Crippen molar-refractivity contribution in [2.75, 3.05) is 7.11 Å². The van der Waals surface area contributed by atoms with Gasteiger partial charge in [-0.1, -0.05) is 0 Å². The molecule has 0 aromatic carbocycles. The Hall–Kier alpha value is -1.79. The third-order valence-electron chi connectivity index (χ3n) is 6.14. The summed E-state index contributed by atoms with van der Waals surface area (Å²) in [4.78, 5) is 36.7. The van der Waals surface area contributed by atoms with Crippen LogP contribution in [0.15, 0.2) is 0 Å². The molecule has 4 aliphatic carbocycles. The molecule has 1 atom stereocenters. The molecular formula is C20H32N2O5. The van der Waals surface area contributed by atoms with E-state index in [1.807, 2.05) is 0 Å². The lowest BCUT2D eigenvalue weighted by molar-refractivity contribution is -0.143. The second kappa shape index (κ2) is 7.68. The molecular weight excluding hydrogens is 348 g/mol. The number of esters is 1. The van der Waals surface area contributed by atoms with Crippen LogP contribution in [0.1, 0.15) is 59.3 Å². The largest absolute Gasteiger partial charge is 0.469 e. The maximum atomic E-state index is 12.9. The molecule has 0 spiro atoms. The number of methoxy groups -OCH3 is 1. The fourth-order valence-corrected chi connectivity index (χ4v) is 5.33. The molecule has 0 aliphatic heterocycles. The van der Waals surface area contributed by atoms with Crippen molar-refractivity contribution >= 4 is 18.0 Å². The highest BCUT2D eigenvalue weighted by Gasteiger charge is 2.49. The fraction of sp³-hybridized carbons (Fsp3) is 0.850. The average Bonchev–Trinajstić information content (AvgIpc) is 2.54. The highest BCUT2D eigenvalue weighted by molar-refractivity contribution is 5.89. The standard InChI is InChI=1S/C20H32N2O5/c1-20(2,3)27-19(25)21-15(10-16(23)26-4)18(24)22-17-13-6-11-5-12(8-13)9-14(17)7-11/h11-15,17H,5-10H2,1-4H3,(H,21,25)(H,22,24)/t11?,12?,13?,14?,15-,17?/m0/s1. The van der Waals surface area contributed by atoms with Gasteiger partial charge < -0.3 is 20.1 Å². The minimum Gasteiger partial charge on any atom is -0.469 e. The lowest BCUT2D eigenvalue weighted by Gasteiger charge is -2.54. The van der Waals surface area contributed by atoms with E-state index in [2.05, 4.69) is 15.4 Å². The van der Waals surface area contributed by atoms with E-state index in [-0.39, 0.29) is 18.4 Å². The normalized spacial score (nSPS) is 32.5. The third-order valence-corrected chi connectivity index (χ3v) is 6.14. The fourth-order valence-electron chi connectivity index (χ4n) is 5.33. The van der Waals surface area contributed by atoms with Gasteiger partial charge in [-0.05, 0) is 76.5 Å². The monoisotopic (exact) mass is 380 g/mol. The van der Waals surface area contributed by atoms with E-state index in [1.165, 1.54) is 39.2 Å². The SMILES string of the molecule is COC(=O)C[C@H](NC(=O)OC(C)(C)C)C(=O)NC1C2CC3CC(C2)CC1C3. The van der Waals surface area contributed by atoms with Crippen LogP contribution in [0, 0.1) is 23.7 Å². The van der Waals surface area contributed by atoms with Crippen LogP contribution in [-0.4, -0.2) is 42.8 Å². The first-order chi connectivity index (χ1) is 12.6. The number of nitrogens with one attached hydrogen (secondary N) is 2. The molecule has 2 N–H and O–H groups in total. The highest BCUT2D eigenvalue weighted by atomic mass is 16.6. The van der Waals surface area contributed by atoms with Gasteiger partial charge in [-0.2, -0.15) is 0 Å².